The number of aliphatic hydroxyl groups excluding tert-OH is 1. The minimum absolute atomic E-state index is 0.195. The Kier molecular flexibility index (Phi) is 5.98. The molecule has 0 aliphatic heterocycles. The maximum Gasteiger partial charge on any atom is 0.229 e. The Hall–Kier alpha value is -1.76. The van der Waals surface area contributed by atoms with Gasteiger partial charge in [-0.15, -0.1) is 11.3 Å². The Balaban J connectivity index is 2.56. The lowest BCUT2D eigenvalue weighted by atomic mass is 9.95. The van der Waals surface area contributed by atoms with E-state index in [4.69, 9.17) is 21.1 Å². The largest absolute Gasteiger partial charge is 0.495 e. The second-order valence-electron chi connectivity index (χ2n) is 6.53. The summed E-state index contributed by atoms with van der Waals surface area (Å²) in [6.07, 6.45) is -1.02. The molecule has 7 heteroatoms. The first-order chi connectivity index (χ1) is 11.7. The van der Waals surface area contributed by atoms with Gasteiger partial charge in [0.05, 0.1) is 24.8 Å². The van der Waals surface area contributed by atoms with E-state index in [2.05, 4.69) is 5.32 Å². The number of anilines is 1. The van der Waals surface area contributed by atoms with Crippen molar-refractivity contribution in [3.8, 4) is 11.5 Å². The van der Waals surface area contributed by atoms with Gasteiger partial charge >= 0.3 is 0 Å². The smallest absolute Gasteiger partial charge is 0.229 e. The van der Waals surface area contributed by atoms with E-state index in [1.807, 2.05) is 26.2 Å². The minimum atomic E-state index is -1.02. The third kappa shape index (κ3) is 4.26. The molecule has 1 heterocycles. The van der Waals surface area contributed by atoms with Gasteiger partial charge in [0.2, 0.25) is 5.91 Å². The molecular weight excluding hydrogens is 362 g/mol. The average molecular weight is 384 g/mol. The summed E-state index contributed by atoms with van der Waals surface area (Å²) in [6, 6.07) is 4.99. The predicted molar refractivity (Wildman–Crippen MR) is 101 cm³/mol. The number of ether oxygens (including phenoxy) is 2. The highest BCUT2D eigenvalue weighted by Gasteiger charge is 2.27. The molecule has 0 saturated carbocycles. The Morgan fingerprint density at radius 3 is 2.44 bits per heavy atom. The number of carbonyl (C=O) groups is 1. The van der Waals surface area contributed by atoms with Crippen molar-refractivity contribution in [2.24, 2.45) is 5.41 Å². The van der Waals surface area contributed by atoms with E-state index in [0.717, 1.165) is 0 Å². The summed E-state index contributed by atoms with van der Waals surface area (Å²) < 4.78 is 10.7. The Labute approximate surface area is 156 Å². The quantitative estimate of drug-likeness (QED) is 0.798. The number of aliphatic hydroxyl groups is 1. The lowest BCUT2D eigenvalue weighted by molar-refractivity contribution is -0.123. The van der Waals surface area contributed by atoms with Gasteiger partial charge in [-0.3, -0.25) is 4.79 Å². The van der Waals surface area contributed by atoms with Crippen molar-refractivity contribution in [1.29, 1.82) is 0 Å². The molecule has 0 aliphatic carbocycles. The van der Waals surface area contributed by atoms with E-state index < -0.39 is 11.5 Å². The van der Waals surface area contributed by atoms with Gasteiger partial charge in [0.1, 0.15) is 17.6 Å². The van der Waals surface area contributed by atoms with Crippen LogP contribution in [-0.2, 0) is 4.79 Å². The highest BCUT2D eigenvalue weighted by molar-refractivity contribution is 7.10. The van der Waals surface area contributed by atoms with Gasteiger partial charge in [0.15, 0.2) is 0 Å². The number of amides is 1. The maximum absolute atomic E-state index is 12.5. The topological polar surface area (TPSA) is 67.8 Å². The number of nitrogens with one attached hydrogen (secondary N) is 1. The van der Waals surface area contributed by atoms with Crippen LogP contribution in [0.1, 0.15) is 37.3 Å². The van der Waals surface area contributed by atoms with E-state index in [0.29, 0.717) is 32.6 Å². The number of methoxy groups -OCH3 is 2. The number of halogens is 1. The van der Waals surface area contributed by atoms with E-state index in [9.17, 15) is 9.90 Å². The molecule has 2 N–H and O–H groups in total. The molecule has 2 rings (SSSR count). The predicted octanol–water partition coefficient (Wildman–Crippen LogP) is 4.49. The van der Waals surface area contributed by atoms with Crippen LogP contribution in [0.25, 0.3) is 0 Å². The Bertz CT molecular complexity index is 767. The molecule has 1 aromatic carbocycles. The summed E-state index contributed by atoms with van der Waals surface area (Å²) >= 11 is 7.53. The molecule has 5 nitrogen and oxygen atoms in total. The maximum atomic E-state index is 12.5. The minimum Gasteiger partial charge on any atom is -0.495 e. The number of benzene rings is 1. The van der Waals surface area contributed by atoms with Crippen molar-refractivity contribution < 1.29 is 19.4 Å². The molecule has 0 bridgehead atoms. The molecule has 1 atom stereocenters. The van der Waals surface area contributed by atoms with Crippen LogP contribution < -0.4 is 14.8 Å². The molecule has 136 valence electrons. The highest BCUT2D eigenvalue weighted by atomic mass is 35.5. The fourth-order valence-electron chi connectivity index (χ4n) is 2.23. The van der Waals surface area contributed by atoms with Gasteiger partial charge in [-0.05, 0) is 17.5 Å². The summed E-state index contributed by atoms with van der Waals surface area (Å²) in [5.74, 6) is 0.763. The molecule has 2 aromatic rings. The average Bonchev–Trinajstić information content (AvgIpc) is 3.02. The zero-order valence-corrected chi connectivity index (χ0v) is 16.4. The summed E-state index contributed by atoms with van der Waals surface area (Å²) in [7, 11) is 3.03. The van der Waals surface area contributed by atoms with Crippen LogP contribution >= 0.6 is 22.9 Å². The van der Waals surface area contributed by atoms with Gasteiger partial charge in [-0.1, -0.05) is 32.4 Å². The second-order valence-corrected chi connectivity index (χ2v) is 7.92. The molecule has 1 aromatic heterocycles. The molecule has 0 fully saturated rings. The van der Waals surface area contributed by atoms with Crippen LogP contribution in [0.15, 0.2) is 23.6 Å². The van der Waals surface area contributed by atoms with Crippen molar-refractivity contribution in [1.82, 2.24) is 0 Å². The number of rotatable bonds is 5. The monoisotopic (exact) mass is 383 g/mol. The zero-order chi connectivity index (χ0) is 18.8. The summed E-state index contributed by atoms with van der Waals surface area (Å²) in [5, 5.41) is 16.0. The lowest BCUT2D eigenvalue weighted by Crippen LogP contribution is -2.28. The Morgan fingerprint density at radius 1 is 1.24 bits per heavy atom. The van der Waals surface area contributed by atoms with E-state index in [1.165, 1.54) is 18.4 Å². The van der Waals surface area contributed by atoms with Crippen molar-refractivity contribution >= 4 is 34.5 Å². The first kappa shape index (κ1) is 19.6. The van der Waals surface area contributed by atoms with Gasteiger partial charge in [0.25, 0.3) is 0 Å². The number of hydrogen-bond donors (Lipinski definition) is 2. The second kappa shape index (κ2) is 7.64. The summed E-state index contributed by atoms with van der Waals surface area (Å²) in [4.78, 5) is 13.1. The lowest BCUT2D eigenvalue weighted by Gasteiger charge is -2.23. The third-order valence-corrected chi connectivity index (χ3v) is 4.83. The van der Waals surface area contributed by atoms with E-state index in [1.54, 1.807) is 25.3 Å². The number of thiophene rings is 1. The molecule has 1 unspecified atom stereocenters. The van der Waals surface area contributed by atoms with Crippen molar-refractivity contribution in [3.63, 3.8) is 0 Å². The van der Waals surface area contributed by atoms with E-state index in [-0.39, 0.29) is 5.91 Å². The molecule has 1 amide bonds. The SMILES string of the molecule is COc1ccsc1C(O)c1cc(Cl)cc(OC)c1NC(=O)C(C)(C)C. The molecule has 25 heavy (non-hydrogen) atoms. The fourth-order valence-corrected chi connectivity index (χ4v) is 3.31. The van der Waals surface area contributed by atoms with Crippen LogP contribution in [0.3, 0.4) is 0 Å². The van der Waals surface area contributed by atoms with Gasteiger partial charge in [-0.25, -0.2) is 0 Å². The third-order valence-electron chi connectivity index (χ3n) is 3.66. The van der Waals surface area contributed by atoms with Gasteiger partial charge in [-0.2, -0.15) is 0 Å². The first-order valence-corrected chi connectivity index (χ1v) is 8.93. The van der Waals surface area contributed by atoms with Crippen LogP contribution in [-0.4, -0.2) is 25.2 Å². The standard InChI is InChI=1S/C18H22ClNO4S/c1-18(2,3)17(22)20-14-11(8-10(19)9-13(14)24-5)15(21)16-12(23-4)6-7-25-16/h6-9,15,21H,1-5H3,(H,20,22). The van der Waals surface area contributed by atoms with Crippen molar-refractivity contribution in [3.05, 3.63) is 39.0 Å². The van der Waals surface area contributed by atoms with Crippen molar-refractivity contribution in [2.75, 3.05) is 19.5 Å². The molecule has 0 radical (unpaired) electrons. The number of carbonyl (C=O) groups excluding carboxylic acids is 1. The van der Waals surface area contributed by atoms with E-state index >= 15 is 0 Å². The fraction of sp³-hybridized carbons (Fsp3) is 0.389. The van der Waals surface area contributed by atoms with Crippen LogP contribution in [0, 0.1) is 5.41 Å². The number of hydrogen-bond acceptors (Lipinski definition) is 5. The molecule has 0 spiro atoms. The van der Waals surface area contributed by atoms with Gasteiger partial charge in [0, 0.05) is 22.1 Å². The normalized spacial score (nSPS) is 12.6. The van der Waals surface area contributed by atoms with Crippen molar-refractivity contribution in [2.45, 2.75) is 26.9 Å². The van der Waals surface area contributed by atoms with Crippen LogP contribution in [0.4, 0.5) is 5.69 Å². The first-order valence-electron chi connectivity index (χ1n) is 7.67. The molecule has 0 aliphatic rings. The summed E-state index contributed by atoms with van der Waals surface area (Å²) in [5.41, 5.74) is 0.241. The highest BCUT2D eigenvalue weighted by Crippen LogP contribution is 2.42. The van der Waals surface area contributed by atoms with Crippen LogP contribution in [0.2, 0.25) is 5.02 Å². The molecule has 0 saturated heterocycles. The van der Waals surface area contributed by atoms with Crippen LogP contribution in [0.5, 0.6) is 11.5 Å². The summed E-state index contributed by atoms with van der Waals surface area (Å²) in [6.45, 7) is 5.43. The zero-order valence-electron chi connectivity index (χ0n) is 14.8. The molecular formula is C18H22ClNO4S. The van der Waals surface area contributed by atoms with Gasteiger partial charge < -0.3 is 19.9 Å². The Morgan fingerprint density at radius 2 is 1.88 bits per heavy atom.